The second-order valence-corrected chi connectivity index (χ2v) is 8.46. The lowest BCUT2D eigenvalue weighted by Crippen LogP contribution is -2.44. The largest absolute Gasteiger partial charge is 0.353 e. The van der Waals surface area contributed by atoms with E-state index in [1.807, 2.05) is 18.0 Å². The third kappa shape index (κ3) is 4.14. The van der Waals surface area contributed by atoms with Gasteiger partial charge in [0.15, 0.2) is 0 Å². The molecule has 1 unspecified atom stereocenters. The van der Waals surface area contributed by atoms with Crippen LogP contribution in [0, 0.1) is 0 Å². The maximum absolute atomic E-state index is 12.6. The van der Waals surface area contributed by atoms with Gasteiger partial charge in [-0.15, -0.1) is 0 Å². The predicted octanol–water partition coefficient (Wildman–Crippen LogP) is 2.87. The summed E-state index contributed by atoms with van der Waals surface area (Å²) in [5.74, 6) is 0.0757. The van der Waals surface area contributed by atoms with Gasteiger partial charge in [0.25, 0.3) is 5.91 Å². The summed E-state index contributed by atoms with van der Waals surface area (Å²) >= 11 is 0. The number of amides is 2. The Bertz CT molecular complexity index is 750. The number of hydrogen-bond acceptors (Lipinski definition) is 3. The SMILES string of the molecule is CN1C(=O)C(CC(=O)NC2CCN(Cc3ccccc3)CC2)=C2CCCCC21. The van der Waals surface area contributed by atoms with Crippen LogP contribution in [0.25, 0.3) is 0 Å². The molecule has 0 aromatic heterocycles. The van der Waals surface area contributed by atoms with Crippen LogP contribution in [0.5, 0.6) is 0 Å². The summed E-state index contributed by atoms with van der Waals surface area (Å²) in [6.45, 7) is 2.97. The summed E-state index contributed by atoms with van der Waals surface area (Å²) in [5, 5.41) is 3.19. The van der Waals surface area contributed by atoms with E-state index in [9.17, 15) is 9.59 Å². The van der Waals surface area contributed by atoms with Gasteiger partial charge in [0.2, 0.25) is 5.91 Å². The van der Waals surface area contributed by atoms with Crippen LogP contribution < -0.4 is 5.32 Å². The number of nitrogens with one attached hydrogen (secondary N) is 1. The average Bonchev–Trinajstić information content (AvgIpc) is 2.95. The molecule has 0 bridgehead atoms. The van der Waals surface area contributed by atoms with Crippen LogP contribution in [0.4, 0.5) is 0 Å². The molecule has 1 saturated carbocycles. The Hall–Kier alpha value is -2.14. The van der Waals surface area contributed by atoms with E-state index in [2.05, 4.69) is 34.5 Å². The van der Waals surface area contributed by atoms with Crippen molar-refractivity contribution < 1.29 is 9.59 Å². The van der Waals surface area contributed by atoms with Crippen LogP contribution >= 0.6 is 0 Å². The number of likely N-dealkylation sites (N-methyl/N-ethyl adjacent to an activating group) is 1. The Morgan fingerprint density at radius 2 is 1.86 bits per heavy atom. The van der Waals surface area contributed by atoms with E-state index in [4.69, 9.17) is 0 Å². The molecular weight excluding hydrogens is 350 g/mol. The van der Waals surface area contributed by atoms with Crippen molar-refractivity contribution in [2.75, 3.05) is 20.1 Å². The highest BCUT2D eigenvalue weighted by molar-refractivity contribution is 6.02. The van der Waals surface area contributed by atoms with E-state index >= 15 is 0 Å². The number of fused-ring (bicyclic) bond motifs is 1. The van der Waals surface area contributed by atoms with Gasteiger partial charge in [-0.25, -0.2) is 0 Å². The topological polar surface area (TPSA) is 52.7 Å². The lowest BCUT2D eigenvalue weighted by atomic mass is 9.88. The van der Waals surface area contributed by atoms with Crippen LogP contribution in [0.3, 0.4) is 0 Å². The van der Waals surface area contributed by atoms with E-state index in [-0.39, 0.29) is 30.3 Å². The molecule has 1 N–H and O–H groups in total. The molecule has 2 aliphatic heterocycles. The predicted molar refractivity (Wildman–Crippen MR) is 110 cm³/mol. The molecule has 2 heterocycles. The van der Waals surface area contributed by atoms with E-state index in [1.54, 1.807) is 0 Å². The lowest BCUT2D eigenvalue weighted by Gasteiger charge is -2.32. The quantitative estimate of drug-likeness (QED) is 0.853. The zero-order valence-corrected chi connectivity index (χ0v) is 16.8. The molecule has 0 spiro atoms. The van der Waals surface area contributed by atoms with Gasteiger partial charge in [0.05, 0.1) is 12.5 Å². The van der Waals surface area contributed by atoms with Crippen LogP contribution in [0.15, 0.2) is 41.5 Å². The van der Waals surface area contributed by atoms with Crippen molar-refractivity contribution in [2.24, 2.45) is 0 Å². The van der Waals surface area contributed by atoms with E-state index in [0.29, 0.717) is 0 Å². The monoisotopic (exact) mass is 381 g/mol. The number of nitrogens with zero attached hydrogens (tertiary/aromatic N) is 2. The van der Waals surface area contributed by atoms with E-state index in [0.717, 1.165) is 57.3 Å². The van der Waals surface area contributed by atoms with Crippen LogP contribution in [-0.4, -0.2) is 53.8 Å². The van der Waals surface area contributed by atoms with E-state index in [1.165, 1.54) is 17.6 Å². The van der Waals surface area contributed by atoms with Gasteiger partial charge in [-0.2, -0.15) is 0 Å². The standard InChI is InChI=1S/C23H31N3O2/c1-25-21-10-6-5-9-19(21)20(23(25)28)15-22(27)24-18-11-13-26(14-12-18)16-17-7-3-2-4-8-17/h2-4,7-8,18,21H,5-6,9-16H2,1H3,(H,24,27). The highest BCUT2D eigenvalue weighted by Crippen LogP contribution is 2.36. The number of likely N-dealkylation sites (tertiary alicyclic amines) is 1. The fraction of sp³-hybridized carbons (Fsp3) is 0.565. The van der Waals surface area contributed by atoms with Crippen molar-refractivity contribution in [1.82, 2.24) is 15.1 Å². The Kier molecular flexibility index (Phi) is 5.81. The van der Waals surface area contributed by atoms with Gasteiger partial charge in [-0.05, 0) is 43.2 Å². The van der Waals surface area contributed by atoms with Crippen molar-refractivity contribution >= 4 is 11.8 Å². The first kappa shape index (κ1) is 19.2. The summed E-state index contributed by atoms with van der Waals surface area (Å²) in [6, 6.07) is 11.0. The maximum Gasteiger partial charge on any atom is 0.250 e. The Labute approximate surface area is 167 Å². The summed E-state index contributed by atoms with van der Waals surface area (Å²) in [7, 11) is 1.88. The molecule has 5 heteroatoms. The van der Waals surface area contributed by atoms with Gasteiger partial charge < -0.3 is 10.2 Å². The minimum atomic E-state index is 0.0111. The normalized spacial score (nSPS) is 23.8. The summed E-state index contributed by atoms with van der Waals surface area (Å²) in [6.07, 6.45) is 6.52. The highest BCUT2D eigenvalue weighted by atomic mass is 16.2. The van der Waals surface area contributed by atoms with Crippen molar-refractivity contribution in [3.8, 4) is 0 Å². The number of rotatable bonds is 5. The molecule has 2 fully saturated rings. The Balaban J connectivity index is 1.27. The lowest BCUT2D eigenvalue weighted by molar-refractivity contribution is -0.128. The molecule has 4 rings (SSSR count). The molecule has 3 aliphatic rings. The molecule has 150 valence electrons. The maximum atomic E-state index is 12.6. The van der Waals surface area contributed by atoms with Gasteiger partial charge in [0, 0.05) is 38.3 Å². The zero-order chi connectivity index (χ0) is 19.5. The molecule has 28 heavy (non-hydrogen) atoms. The minimum Gasteiger partial charge on any atom is -0.353 e. The van der Waals surface area contributed by atoms with Gasteiger partial charge in [-0.1, -0.05) is 36.8 Å². The van der Waals surface area contributed by atoms with Crippen LogP contribution in [0.2, 0.25) is 0 Å². The second kappa shape index (κ2) is 8.48. The zero-order valence-electron chi connectivity index (χ0n) is 16.8. The van der Waals surface area contributed by atoms with Crippen molar-refractivity contribution in [3.05, 3.63) is 47.0 Å². The highest BCUT2D eigenvalue weighted by Gasteiger charge is 2.38. The summed E-state index contributed by atoms with van der Waals surface area (Å²) < 4.78 is 0. The average molecular weight is 382 g/mol. The van der Waals surface area contributed by atoms with Gasteiger partial charge >= 0.3 is 0 Å². The van der Waals surface area contributed by atoms with Crippen LogP contribution in [-0.2, 0) is 16.1 Å². The summed E-state index contributed by atoms with van der Waals surface area (Å²) in [4.78, 5) is 29.5. The Morgan fingerprint density at radius 1 is 1.11 bits per heavy atom. The first-order chi connectivity index (χ1) is 13.6. The number of carbonyl (C=O) groups excluding carboxylic acids is 2. The molecule has 1 saturated heterocycles. The smallest absolute Gasteiger partial charge is 0.250 e. The summed E-state index contributed by atoms with van der Waals surface area (Å²) in [5.41, 5.74) is 3.34. The fourth-order valence-electron chi connectivity index (χ4n) is 4.97. The van der Waals surface area contributed by atoms with Crippen molar-refractivity contribution in [3.63, 3.8) is 0 Å². The Morgan fingerprint density at radius 3 is 2.61 bits per heavy atom. The number of benzene rings is 1. The minimum absolute atomic E-state index is 0.0111. The second-order valence-electron chi connectivity index (χ2n) is 8.46. The third-order valence-electron chi connectivity index (χ3n) is 6.55. The molecular formula is C23H31N3O2. The van der Waals surface area contributed by atoms with Gasteiger partial charge in [0.1, 0.15) is 0 Å². The molecule has 0 radical (unpaired) electrons. The first-order valence-corrected chi connectivity index (χ1v) is 10.7. The molecule has 2 amide bonds. The molecule has 1 atom stereocenters. The van der Waals surface area contributed by atoms with Crippen molar-refractivity contribution in [2.45, 2.75) is 63.6 Å². The number of piperidine rings is 1. The molecule has 1 aromatic carbocycles. The molecule has 1 aromatic rings. The number of carbonyl (C=O) groups is 2. The first-order valence-electron chi connectivity index (χ1n) is 10.7. The third-order valence-corrected chi connectivity index (χ3v) is 6.55. The van der Waals surface area contributed by atoms with E-state index < -0.39 is 0 Å². The molecule has 5 nitrogen and oxygen atoms in total. The van der Waals surface area contributed by atoms with Gasteiger partial charge in [-0.3, -0.25) is 14.5 Å². The molecule has 1 aliphatic carbocycles. The number of hydrogen-bond donors (Lipinski definition) is 1. The van der Waals surface area contributed by atoms with Crippen molar-refractivity contribution in [1.29, 1.82) is 0 Å². The fourth-order valence-corrected chi connectivity index (χ4v) is 4.97. The van der Waals surface area contributed by atoms with Crippen LogP contribution in [0.1, 0.15) is 50.5 Å².